The van der Waals surface area contributed by atoms with Crippen molar-refractivity contribution in [1.82, 2.24) is 0 Å². The molecule has 0 aromatic heterocycles. The van der Waals surface area contributed by atoms with Crippen molar-refractivity contribution in [2.75, 3.05) is 0 Å². The van der Waals surface area contributed by atoms with Crippen molar-refractivity contribution < 1.29 is 0 Å². The maximum absolute atomic E-state index is 4.65. The first-order valence-corrected chi connectivity index (χ1v) is 10.9. The van der Waals surface area contributed by atoms with Gasteiger partial charge in [-0.1, -0.05) is 69.8 Å². The Morgan fingerprint density at radius 3 is 2.64 bits per heavy atom. The van der Waals surface area contributed by atoms with Gasteiger partial charge in [0.15, 0.2) is 0 Å². The predicted molar refractivity (Wildman–Crippen MR) is 121 cm³/mol. The molecule has 0 heterocycles. The van der Waals surface area contributed by atoms with Gasteiger partial charge in [-0.3, -0.25) is 0 Å². The molecule has 3 aliphatic rings. The Morgan fingerprint density at radius 2 is 1.89 bits per heavy atom. The molecule has 5 rings (SSSR count). The van der Waals surface area contributed by atoms with Crippen LogP contribution in [0.4, 0.5) is 0 Å². The van der Waals surface area contributed by atoms with Crippen LogP contribution < -0.4 is 0 Å². The zero-order chi connectivity index (χ0) is 19.6. The minimum atomic E-state index is 0.0850. The Morgan fingerprint density at radius 1 is 1.11 bits per heavy atom. The number of rotatable bonds is 2. The highest BCUT2D eigenvalue weighted by Gasteiger charge is 2.42. The van der Waals surface area contributed by atoms with Gasteiger partial charge in [-0.15, -0.1) is 0 Å². The number of hydrogen-bond donors (Lipinski definition) is 0. The topological polar surface area (TPSA) is 0 Å². The first-order chi connectivity index (χ1) is 13.5. The molecule has 0 nitrogen and oxygen atoms in total. The highest BCUT2D eigenvalue weighted by molar-refractivity contribution is 5.95. The normalized spacial score (nSPS) is 26.2. The van der Waals surface area contributed by atoms with E-state index in [4.69, 9.17) is 0 Å². The summed E-state index contributed by atoms with van der Waals surface area (Å²) in [6.07, 6.45) is 8.08. The van der Waals surface area contributed by atoms with Crippen molar-refractivity contribution in [1.29, 1.82) is 0 Å². The minimum Gasteiger partial charge on any atom is -0.0990 e. The van der Waals surface area contributed by atoms with E-state index in [2.05, 4.69) is 70.3 Å². The van der Waals surface area contributed by atoms with Gasteiger partial charge in [0.2, 0.25) is 0 Å². The Balaban J connectivity index is 1.77. The van der Waals surface area contributed by atoms with Gasteiger partial charge in [-0.25, -0.2) is 0 Å². The van der Waals surface area contributed by atoms with Gasteiger partial charge >= 0.3 is 0 Å². The van der Waals surface area contributed by atoms with Crippen molar-refractivity contribution in [2.24, 2.45) is 11.3 Å². The third kappa shape index (κ3) is 2.18. The molecule has 0 spiro atoms. The second-order valence-electron chi connectivity index (χ2n) is 9.02. The summed E-state index contributed by atoms with van der Waals surface area (Å²) in [5.74, 6) is 0.461. The van der Waals surface area contributed by atoms with Gasteiger partial charge in [0.1, 0.15) is 0 Å². The Kier molecular flexibility index (Phi) is 3.85. The highest BCUT2D eigenvalue weighted by Crippen LogP contribution is 2.56. The second-order valence-corrected chi connectivity index (χ2v) is 9.02. The third-order valence-corrected chi connectivity index (χ3v) is 7.92. The number of benzene rings is 2. The monoisotopic (exact) mass is 366 g/mol. The van der Waals surface area contributed by atoms with Crippen molar-refractivity contribution in [3.63, 3.8) is 0 Å². The molecule has 0 bridgehead atoms. The third-order valence-electron chi connectivity index (χ3n) is 7.92. The van der Waals surface area contributed by atoms with Crippen LogP contribution in [0.15, 0.2) is 71.9 Å². The zero-order valence-corrected chi connectivity index (χ0v) is 17.5. The maximum atomic E-state index is 4.65. The lowest BCUT2D eigenvalue weighted by Gasteiger charge is -2.42. The van der Waals surface area contributed by atoms with Crippen LogP contribution in [0.2, 0.25) is 0 Å². The summed E-state index contributed by atoms with van der Waals surface area (Å²) in [5, 5.41) is 2.80. The molecule has 2 aromatic rings. The fraction of sp³-hybridized carbons (Fsp3) is 0.357. The lowest BCUT2D eigenvalue weighted by atomic mass is 9.62. The summed E-state index contributed by atoms with van der Waals surface area (Å²) in [5.41, 5.74) is 12.0. The van der Waals surface area contributed by atoms with E-state index in [0.29, 0.717) is 5.92 Å². The number of allylic oxidation sites excluding steroid dienone is 6. The molecule has 2 unspecified atom stereocenters. The van der Waals surface area contributed by atoms with E-state index in [1.807, 2.05) is 0 Å². The van der Waals surface area contributed by atoms with E-state index >= 15 is 0 Å². The van der Waals surface area contributed by atoms with E-state index in [1.165, 1.54) is 49.8 Å². The van der Waals surface area contributed by atoms with Gasteiger partial charge in [0, 0.05) is 11.3 Å². The van der Waals surface area contributed by atoms with E-state index in [9.17, 15) is 0 Å². The second kappa shape index (κ2) is 6.08. The van der Waals surface area contributed by atoms with Crippen LogP contribution in [0, 0.1) is 11.3 Å². The molecule has 2 aromatic carbocycles. The molecule has 2 atom stereocenters. The summed E-state index contributed by atoms with van der Waals surface area (Å²) >= 11 is 0. The molecular weight excluding hydrogens is 336 g/mol. The lowest BCUT2D eigenvalue weighted by molar-refractivity contribution is 0.430. The van der Waals surface area contributed by atoms with Crippen LogP contribution in [-0.2, 0) is 12.8 Å². The Bertz CT molecular complexity index is 1100. The van der Waals surface area contributed by atoms with Crippen LogP contribution in [0.25, 0.3) is 16.3 Å². The van der Waals surface area contributed by atoms with E-state index in [0.717, 1.165) is 32.1 Å². The first kappa shape index (κ1) is 17.7. The highest BCUT2D eigenvalue weighted by atomic mass is 14.5. The van der Waals surface area contributed by atoms with Crippen LogP contribution >= 0.6 is 0 Å². The van der Waals surface area contributed by atoms with Gasteiger partial charge < -0.3 is 0 Å². The number of hydrogen-bond acceptors (Lipinski definition) is 0. The lowest BCUT2D eigenvalue weighted by Crippen LogP contribution is -2.28. The van der Waals surface area contributed by atoms with E-state index in [1.54, 1.807) is 5.56 Å². The largest absolute Gasteiger partial charge is 0.0990 e. The van der Waals surface area contributed by atoms with E-state index < -0.39 is 0 Å². The quantitative estimate of drug-likeness (QED) is 0.480. The van der Waals surface area contributed by atoms with Crippen molar-refractivity contribution >= 4 is 16.3 Å². The summed E-state index contributed by atoms with van der Waals surface area (Å²) < 4.78 is 0. The fourth-order valence-corrected chi connectivity index (χ4v) is 5.95. The molecule has 28 heavy (non-hydrogen) atoms. The summed E-state index contributed by atoms with van der Waals surface area (Å²) in [6, 6.07) is 11.3. The van der Waals surface area contributed by atoms with Crippen LogP contribution in [0.5, 0.6) is 0 Å². The molecule has 3 aliphatic carbocycles. The molecule has 0 N–H and O–H groups in total. The molecule has 0 saturated heterocycles. The summed E-state index contributed by atoms with van der Waals surface area (Å²) in [7, 11) is 0. The molecule has 0 fully saturated rings. The number of fused-ring (bicyclic) bond motifs is 4. The van der Waals surface area contributed by atoms with Crippen LogP contribution in [0.1, 0.15) is 56.7 Å². The van der Waals surface area contributed by atoms with Gasteiger partial charge in [-0.2, -0.15) is 0 Å². The zero-order valence-electron chi connectivity index (χ0n) is 17.5. The molecule has 0 saturated carbocycles. The van der Waals surface area contributed by atoms with Gasteiger partial charge in [-0.05, 0) is 87.9 Å². The molecule has 0 radical (unpaired) electrons. The van der Waals surface area contributed by atoms with Crippen molar-refractivity contribution in [2.45, 2.75) is 52.9 Å². The minimum absolute atomic E-state index is 0.0850. The van der Waals surface area contributed by atoms with Crippen molar-refractivity contribution in [3.05, 3.63) is 88.5 Å². The first-order valence-electron chi connectivity index (χ1n) is 10.9. The smallest absolute Gasteiger partial charge is 0.0133 e. The number of aryl methyl sites for hydroxylation is 1. The molecule has 0 amide bonds. The van der Waals surface area contributed by atoms with Crippen LogP contribution in [0.3, 0.4) is 0 Å². The van der Waals surface area contributed by atoms with Crippen LogP contribution in [-0.4, -0.2) is 0 Å². The predicted octanol–water partition coefficient (Wildman–Crippen LogP) is 7.59. The van der Waals surface area contributed by atoms with E-state index in [-0.39, 0.29) is 5.41 Å². The Labute approximate surface area is 169 Å². The maximum Gasteiger partial charge on any atom is 0.0133 e. The Hall–Kier alpha value is -2.34. The average molecular weight is 367 g/mol. The summed E-state index contributed by atoms with van der Waals surface area (Å²) in [4.78, 5) is 0. The van der Waals surface area contributed by atoms with Crippen molar-refractivity contribution in [3.8, 4) is 0 Å². The fourth-order valence-electron chi connectivity index (χ4n) is 5.95. The van der Waals surface area contributed by atoms with Gasteiger partial charge in [0.05, 0.1) is 0 Å². The molecule has 0 aliphatic heterocycles. The summed E-state index contributed by atoms with van der Waals surface area (Å²) in [6.45, 7) is 16.1. The molecule has 0 heteroatoms. The standard InChI is InChI=1S/C28H30/c1-6-20-22-11-9-8-10-19(22)14-24-25(20)15-23-18(4)21-13-12-17(3)28(5,7-2)27(21)16-26(23)24/h8-11,14,16,23H,3-4,6-7,12-13,15H2,1-2,5H3. The molecule has 142 valence electrons. The SMILES string of the molecule is C=C1C2=C(C=C3c4cc5ccccc5c(CC)c4CC13)C(C)(CC)C(=C)CC2. The average Bonchev–Trinajstić information content (AvgIpc) is 3.08. The van der Waals surface area contributed by atoms with Gasteiger partial charge in [0.25, 0.3) is 0 Å². The molecular formula is C28H30.